The van der Waals surface area contributed by atoms with Gasteiger partial charge >= 0.3 is 0 Å². The summed E-state index contributed by atoms with van der Waals surface area (Å²) in [4.78, 5) is 12.1. The van der Waals surface area contributed by atoms with Crippen molar-refractivity contribution in [2.24, 2.45) is 11.3 Å². The maximum atomic E-state index is 12.1. The van der Waals surface area contributed by atoms with Crippen molar-refractivity contribution in [2.75, 3.05) is 0 Å². The van der Waals surface area contributed by atoms with Gasteiger partial charge in [0.15, 0.2) is 0 Å². The Morgan fingerprint density at radius 3 is 2.82 bits per heavy atom. The van der Waals surface area contributed by atoms with Gasteiger partial charge in [0.25, 0.3) is 0 Å². The van der Waals surface area contributed by atoms with E-state index in [1.54, 1.807) is 0 Å². The van der Waals surface area contributed by atoms with Crippen molar-refractivity contribution in [3.8, 4) is 0 Å². The number of rotatable bonds is 0. The second-order valence-corrected chi connectivity index (χ2v) is 6.57. The molecule has 0 radical (unpaired) electrons. The van der Waals surface area contributed by atoms with E-state index in [1.807, 2.05) is 0 Å². The normalized spacial score (nSPS) is 40.8. The molecule has 2 bridgehead atoms. The molecule has 2 rings (SSSR count). The number of nitrogens with one attached hydrogen (secondary N) is 1. The molecule has 96 valence electrons. The number of hydrogen-bond donors (Lipinski definition) is 1. The fourth-order valence-electron chi connectivity index (χ4n) is 2.97. The monoisotopic (exact) mass is 235 g/mol. The molecule has 2 heterocycles. The largest absolute Gasteiger partial charge is 0.310 e. The summed E-state index contributed by atoms with van der Waals surface area (Å²) in [6.07, 6.45) is 6.37. The van der Waals surface area contributed by atoms with Gasteiger partial charge in [0.2, 0.25) is 0 Å². The van der Waals surface area contributed by atoms with E-state index < -0.39 is 0 Å². The van der Waals surface area contributed by atoms with Crippen molar-refractivity contribution in [1.29, 1.82) is 0 Å². The zero-order valence-corrected chi connectivity index (χ0v) is 11.5. The van der Waals surface area contributed by atoms with E-state index in [0.717, 1.165) is 19.3 Å². The Morgan fingerprint density at radius 2 is 2.12 bits per heavy atom. The predicted molar refractivity (Wildman–Crippen MR) is 70.9 cm³/mol. The number of allylic oxidation sites excluding steroid dienone is 2. The average Bonchev–Trinajstić information content (AvgIpc) is 2.31. The van der Waals surface area contributed by atoms with E-state index in [-0.39, 0.29) is 11.3 Å². The molecule has 0 amide bonds. The van der Waals surface area contributed by atoms with Crippen LogP contribution in [0.2, 0.25) is 0 Å². The zero-order valence-electron chi connectivity index (χ0n) is 11.5. The highest BCUT2D eigenvalue weighted by atomic mass is 16.1. The molecule has 0 aromatic rings. The van der Waals surface area contributed by atoms with Gasteiger partial charge in [0.1, 0.15) is 5.78 Å². The van der Waals surface area contributed by atoms with Crippen molar-refractivity contribution >= 4 is 5.78 Å². The fraction of sp³-hybridized carbons (Fsp3) is 0.800. The molecule has 2 heteroatoms. The molecule has 3 unspecified atom stereocenters. The lowest BCUT2D eigenvalue weighted by molar-refractivity contribution is -0.127. The summed E-state index contributed by atoms with van der Waals surface area (Å²) >= 11 is 0. The molecule has 1 fully saturated rings. The Balaban J connectivity index is 2.27. The number of fused-ring (bicyclic) bond motifs is 2. The van der Waals surface area contributed by atoms with Gasteiger partial charge in [0, 0.05) is 24.4 Å². The minimum absolute atomic E-state index is 0.180. The van der Waals surface area contributed by atoms with Crippen LogP contribution in [0.3, 0.4) is 0 Å². The van der Waals surface area contributed by atoms with Crippen LogP contribution in [-0.2, 0) is 4.79 Å². The van der Waals surface area contributed by atoms with Crippen LogP contribution in [0.4, 0.5) is 0 Å². The van der Waals surface area contributed by atoms with E-state index in [2.05, 4.69) is 39.1 Å². The van der Waals surface area contributed by atoms with Crippen molar-refractivity contribution in [3.05, 3.63) is 11.6 Å². The molecule has 1 saturated heterocycles. The second-order valence-electron chi connectivity index (χ2n) is 6.57. The van der Waals surface area contributed by atoms with Crippen LogP contribution in [0.1, 0.15) is 53.4 Å². The van der Waals surface area contributed by atoms with Gasteiger partial charge in [-0.3, -0.25) is 4.79 Å². The quantitative estimate of drug-likeness (QED) is 0.654. The smallest absolute Gasteiger partial charge is 0.138 e. The summed E-state index contributed by atoms with van der Waals surface area (Å²) in [6.45, 7) is 8.86. The molecule has 1 N–H and O–H groups in total. The summed E-state index contributed by atoms with van der Waals surface area (Å²) in [5.41, 5.74) is 1.66. The molecule has 2 aliphatic rings. The molecule has 0 aromatic carbocycles. The van der Waals surface area contributed by atoms with E-state index in [1.165, 1.54) is 5.57 Å². The summed E-state index contributed by atoms with van der Waals surface area (Å²) < 4.78 is 0. The van der Waals surface area contributed by atoms with Crippen LogP contribution in [-0.4, -0.2) is 17.9 Å². The summed E-state index contributed by atoms with van der Waals surface area (Å²) in [5.74, 6) is 0.638. The van der Waals surface area contributed by atoms with Gasteiger partial charge in [-0.05, 0) is 31.6 Å². The maximum absolute atomic E-state index is 12.1. The Labute approximate surface area is 105 Å². The SMILES string of the molecule is C/C1=C/CC(C)(C)C2CC(=O)C(C)C(CC1)N2. The molecule has 2 nitrogen and oxygen atoms in total. The van der Waals surface area contributed by atoms with Crippen LogP contribution in [0.15, 0.2) is 11.6 Å². The topological polar surface area (TPSA) is 29.1 Å². The van der Waals surface area contributed by atoms with Crippen molar-refractivity contribution in [1.82, 2.24) is 5.32 Å². The highest BCUT2D eigenvalue weighted by Crippen LogP contribution is 2.35. The summed E-state index contributed by atoms with van der Waals surface area (Å²) in [5, 5.41) is 3.73. The zero-order chi connectivity index (χ0) is 12.6. The van der Waals surface area contributed by atoms with Gasteiger partial charge in [-0.25, -0.2) is 0 Å². The van der Waals surface area contributed by atoms with Crippen LogP contribution >= 0.6 is 0 Å². The molecule has 0 aromatic heterocycles. The maximum Gasteiger partial charge on any atom is 0.138 e. The molecular formula is C15H25NO. The number of carbonyl (C=O) groups excluding carboxylic acids is 1. The van der Waals surface area contributed by atoms with E-state index in [0.29, 0.717) is 24.3 Å². The number of piperidine rings is 1. The molecule has 2 aliphatic heterocycles. The van der Waals surface area contributed by atoms with E-state index >= 15 is 0 Å². The van der Waals surface area contributed by atoms with Gasteiger partial charge in [-0.2, -0.15) is 0 Å². The van der Waals surface area contributed by atoms with Gasteiger partial charge in [0.05, 0.1) is 0 Å². The first-order valence-electron chi connectivity index (χ1n) is 6.84. The number of carbonyl (C=O) groups is 1. The van der Waals surface area contributed by atoms with Gasteiger partial charge in [-0.15, -0.1) is 0 Å². The molecule has 0 aliphatic carbocycles. The summed E-state index contributed by atoms with van der Waals surface area (Å²) in [6, 6.07) is 0.723. The first kappa shape index (κ1) is 12.8. The average molecular weight is 235 g/mol. The minimum atomic E-state index is 0.180. The molecule has 0 saturated carbocycles. The van der Waals surface area contributed by atoms with Crippen LogP contribution in [0.5, 0.6) is 0 Å². The van der Waals surface area contributed by atoms with E-state index in [4.69, 9.17) is 0 Å². The molecule has 0 spiro atoms. The predicted octanol–water partition coefficient (Wildman–Crippen LogP) is 3.08. The highest BCUT2D eigenvalue weighted by molar-refractivity contribution is 5.83. The lowest BCUT2D eigenvalue weighted by atomic mass is 9.74. The Hall–Kier alpha value is -0.630. The Kier molecular flexibility index (Phi) is 3.44. The van der Waals surface area contributed by atoms with E-state index in [9.17, 15) is 4.79 Å². The molecular weight excluding hydrogens is 210 g/mol. The lowest BCUT2D eigenvalue weighted by Gasteiger charge is -2.42. The van der Waals surface area contributed by atoms with Gasteiger partial charge in [-0.1, -0.05) is 32.4 Å². The van der Waals surface area contributed by atoms with Crippen molar-refractivity contribution in [3.63, 3.8) is 0 Å². The highest BCUT2D eigenvalue weighted by Gasteiger charge is 2.40. The summed E-state index contributed by atoms with van der Waals surface area (Å²) in [7, 11) is 0. The third-order valence-corrected chi connectivity index (χ3v) is 4.70. The van der Waals surface area contributed by atoms with Crippen LogP contribution < -0.4 is 5.32 Å². The Morgan fingerprint density at radius 1 is 1.41 bits per heavy atom. The van der Waals surface area contributed by atoms with Crippen molar-refractivity contribution < 1.29 is 4.79 Å². The molecule has 3 atom stereocenters. The van der Waals surface area contributed by atoms with Crippen molar-refractivity contribution in [2.45, 2.75) is 65.5 Å². The second kappa shape index (κ2) is 4.56. The Bertz CT molecular complexity index is 343. The van der Waals surface area contributed by atoms with Gasteiger partial charge < -0.3 is 5.32 Å². The fourth-order valence-corrected chi connectivity index (χ4v) is 2.97. The number of hydrogen-bond acceptors (Lipinski definition) is 2. The minimum Gasteiger partial charge on any atom is -0.310 e. The number of Topliss-reactive ketones (excluding diaryl/α,β-unsaturated/α-hetero) is 1. The lowest BCUT2D eigenvalue weighted by Crippen LogP contribution is -2.56. The molecule has 17 heavy (non-hydrogen) atoms. The van der Waals surface area contributed by atoms with Crippen LogP contribution in [0, 0.1) is 11.3 Å². The first-order chi connectivity index (χ1) is 7.90. The standard InChI is InChI=1S/C15H25NO/c1-10-5-6-12-11(2)13(17)9-14(16-12)15(3,4)8-7-10/h7,11-12,14,16H,5-6,8-9H2,1-4H3/b10-7-. The number of ketones is 1. The first-order valence-corrected chi connectivity index (χ1v) is 6.84. The van der Waals surface area contributed by atoms with Crippen LogP contribution in [0.25, 0.3) is 0 Å². The third-order valence-electron chi connectivity index (χ3n) is 4.70. The third kappa shape index (κ3) is 2.62.